The molecule has 2 aromatic rings. The Morgan fingerprint density at radius 2 is 2.05 bits per heavy atom. The zero-order valence-electron chi connectivity index (χ0n) is 11.7. The maximum Gasteiger partial charge on any atom is 0.165 e. The Hall–Kier alpha value is -1.18. The molecule has 19 heavy (non-hydrogen) atoms. The Morgan fingerprint density at radius 1 is 1.32 bits per heavy atom. The van der Waals surface area contributed by atoms with E-state index in [9.17, 15) is 0 Å². The average Bonchev–Trinajstić information content (AvgIpc) is 2.76. The van der Waals surface area contributed by atoms with Crippen LogP contribution < -0.4 is 5.32 Å². The lowest BCUT2D eigenvalue weighted by atomic mass is 10.2. The molecule has 102 valence electrons. The van der Waals surface area contributed by atoms with Gasteiger partial charge in [-0.15, -0.1) is 0 Å². The predicted octanol–water partition coefficient (Wildman–Crippen LogP) is 2.78. The molecule has 0 fully saturated rings. The number of halogens is 1. The van der Waals surface area contributed by atoms with Crippen molar-refractivity contribution in [2.45, 2.75) is 27.2 Å². The van der Waals surface area contributed by atoms with E-state index in [0.717, 1.165) is 45.1 Å². The van der Waals surface area contributed by atoms with Crippen LogP contribution in [-0.4, -0.2) is 26.3 Å². The van der Waals surface area contributed by atoms with Crippen LogP contribution in [0.2, 0.25) is 0 Å². The Morgan fingerprint density at radius 3 is 2.68 bits per heavy atom. The minimum Gasteiger partial charge on any atom is -0.369 e. The first-order valence-electron chi connectivity index (χ1n) is 6.37. The van der Waals surface area contributed by atoms with Crippen molar-refractivity contribution in [1.82, 2.24) is 19.7 Å². The number of nitrogens with zero attached hydrogens (tertiary/aromatic N) is 4. The van der Waals surface area contributed by atoms with Gasteiger partial charge in [-0.2, -0.15) is 5.10 Å². The summed E-state index contributed by atoms with van der Waals surface area (Å²) in [5.41, 5.74) is 3.04. The fourth-order valence-electron chi connectivity index (χ4n) is 1.95. The lowest BCUT2D eigenvalue weighted by Crippen LogP contribution is -2.06. The lowest BCUT2D eigenvalue weighted by Gasteiger charge is -2.09. The van der Waals surface area contributed by atoms with Gasteiger partial charge in [0.2, 0.25) is 0 Å². The third-order valence-electron chi connectivity index (χ3n) is 2.84. The number of hydrogen-bond acceptors (Lipinski definition) is 4. The molecule has 2 heterocycles. The molecule has 0 aliphatic carbocycles. The number of hydrogen-bond donors (Lipinski definition) is 1. The normalized spacial score (nSPS) is 10.8. The molecule has 5 nitrogen and oxygen atoms in total. The molecule has 2 rings (SSSR count). The van der Waals surface area contributed by atoms with E-state index in [1.165, 1.54) is 0 Å². The number of aromatic nitrogens is 4. The van der Waals surface area contributed by atoms with Crippen LogP contribution >= 0.6 is 22.6 Å². The van der Waals surface area contributed by atoms with Gasteiger partial charge >= 0.3 is 0 Å². The van der Waals surface area contributed by atoms with Crippen LogP contribution in [0.3, 0.4) is 0 Å². The molecular formula is C13H18IN5. The number of nitrogens with one attached hydrogen (secondary N) is 1. The van der Waals surface area contributed by atoms with Crippen molar-refractivity contribution >= 4 is 28.4 Å². The van der Waals surface area contributed by atoms with E-state index >= 15 is 0 Å². The van der Waals surface area contributed by atoms with Gasteiger partial charge in [0.15, 0.2) is 5.82 Å². The second-order valence-electron chi connectivity index (χ2n) is 4.34. The third-order valence-corrected chi connectivity index (χ3v) is 4.13. The van der Waals surface area contributed by atoms with Crippen LogP contribution in [0.1, 0.15) is 25.2 Å². The fourth-order valence-corrected chi connectivity index (χ4v) is 2.38. The van der Waals surface area contributed by atoms with Crippen molar-refractivity contribution in [2.24, 2.45) is 7.05 Å². The highest BCUT2D eigenvalue weighted by Crippen LogP contribution is 2.25. The van der Waals surface area contributed by atoms with Gasteiger partial charge in [-0.05, 0) is 42.9 Å². The molecule has 0 aromatic carbocycles. The summed E-state index contributed by atoms with van der Waals surface area (Å²) in [5, 5.41) is 7.73. The van der Waals surface area contributed by atoms with Crippen LogP contribution in [0.25, 0.3) is 11.4 Å². The molecule has 0 spiro atoms. The summed E-state index contributed by atoms with van der Waals surface area (Å²) in [7, 11) is 1.92. The van der Waals surface area contributed by atoms with E-state index < -0.39 is 0 Å². The third kappa shape index (κ3) is 2.88. The number of rotatable bonds is 4. The molecule has 6 heteroatoms. The molecular weight excluding hydrogens is 353 g/mol. The van der Waals surface area contributed by atoms with E-state index in [0.29, 0.717) is 0 Å². The summed E-state index contributed by atoms with van der Waals surface area (Å²) in [6.07, 6.45) is 2.86. The van der Waals surface area contributed by atoms with E-state index in [2.05, 4.69) is 56.8 Å². The molecule has 2 aromatic heterocycles. The van der Waals surface area contributed by atoms with Gasteiger partial charge in [0.25, 0.3) is 0 Å². The zero-order chi connectivity index (χ0) is 14.0. The molecule has 0 radical (unpaired) electrons. The van der Waals surface area contributed by atoms with Crippen molar-refractivity contribution < 1.29 is 0 Å². The van der Waals surface area contributed by atoms with E-state index in [1.807, 2.05) is 24.9 Å². The second-order valence-corrected chi connectivity index (χ2v) is 5.42. The fraction of sp³-hybridized carbons (Fsp3) is 0.462. The second kappa shape index (κ2) is 5.85. The summed E-state index contributed by atoms with van der Waals surface area (Å²) < 4.78 is 2.89. The first-order valence-corrected chi connectivity index (χ1v) is 7.45. The predicted molar refractivity (Wildman–Crippen MR) is 85.2 cm³/mol. The van der Waals surface area contributed by atoms with Gasteiger partial charge in [-0.25, -0.2) is 9.97 Å². The summed E-state index contributed by atoms with van der Waals surface area (Å²) in [6.45, 7) is 7.01. The van der Waals surface area contributed by atoms with Gasteiger partial charge in [0.1, 0.15) is 5.82 Å². The Kier molecular flexibility index (Phi) is 4.38. The summed E-state index contributed by atoms with van der Waals surface area (Å²) in [4.78, 5) is 9.23. The van der Waals surface area contributed by atoms with Crippen molar-refractivity contribution in [3.05, 3.63) is 21.2 Å². The lowest BCUT2D eigenvalue weighted by molar-refractivity contribution is 0.746. The topological polar surface area (TPSA) is 55.6 Å². The molecule has 1 N–H and O–H groups in total. The van der Waals surface area contributed by atoms with Crippen molar-refractivity contribution in [1.29, 1.82) is 0 Å². The SMILES string of the molecule is CCNc1nc(-c2cn(C)nc2CC)nc(C)c1I. The molecule has 0 saturated heterocycles. The molecule has 0 atom stereocenters. The summed E-state index contributed by atoms with van der Waals surface area (Å²) in [6, 6.07) is 0. The highest BCUT2D eigenvalue weighted by atomic mass is 127. The van der Waals surface area contributed by atoms with Gasteiger partial charge in [-0.1, -0.05) is 6.92 Å². The monoisotopic (exact) mass is 371 g/mol. The number of aryl methyl sites for hydroxylation is 3. The smallest absolute Gasteiger partial charge is 0.165 e. The highest BCUT2D eigenvalue weighted by Gasteiger charge is 2.15. The minimum absolute atomic E-state index is 0.749. The molecule has 0 amide bonds. The first kappa shape index (κ1) is 14.2. The van der Waals surface area contributed by atoms with Gasteiger partial charge in [0.05, 0.1) is 20.5 Å². The molecule has 0 bridgehead atoms. The van der Waals surface area contributed by atoms with Gasteiger partial charge in [0, 0.05) is 19.8 Å². The molecule has 0 aliphatic heterocycles. The quantitative estimate of drug-likeness (QED) is 0.840. The molecule has 0 aliphatic rings. The zero-order valence-corrected chi connectivity index (χ0v) is 13.8. The van der Waals surface area contributed by atoms with Crippen molar-refractivity contribution in [3.63, 3.8) is 0 Å². The van der Waals surface area contributed by atoms with E-state index in [4.69, 9.17) is 0 Å². The first-order chi connectivity index (χ1) is 9.06. The number of anilines is 1. The Bertz CT molecular complexity index is 591. The van der Waals surface area contributed by atoms with Gasteiger partial charge < -0.3 is 5.32 Å². The minimum atomic E-state index is 0.749. The van der Waals surface area contributed by atoms with Crippen LogP contribution in [0, 0.1) is 10.5 Å². The van der Waals surface area contributed by atoms with E-state index in [-0.39, 0.29) is 0 Å². The maximum absolute atomic E-state index is 4.63. The van der Waals surface area contributed by atoms with Crippen molar-refractivity contribution in [2.75, 3.05) is 11.9 Å². The largest absolute Gasteiger partial charge is 0.369 e. The summed E-state index contributed by atoms with van der Waals surface area (Å²) in [5.74, 6) is 1.65. The summed E-state index contributed by atoms with van der Waals surface area (Å²) >= 11 is 2.28. The molecule has 0 unspecified atom stereocenters. The highest BCUT2D eigenvalue weighted by molar-refractivity contribution is 14.1. The van der Waals surface area contributed by atoms with Crippen LogP contribution in [-0.2, 0) is 13.5 Å². The van der Waals surface area contributed by atoms with Gasteiger partial charge in [-0.3, -0.25) is 4.68 Å². The van der Waals surface area contributed by atoms with Crippen LogP contribution in [0.5, 0.6) is 0 Å². The Balaban J connectivity index is 2.55. The standard InChI is InChI=1S/C13H18IN5/c1-5-10-9(7-19(4)18-10)12-16-8(3)11(14)13(17-12)15-6-2/h7H,5-6H2,1-4H3,(H,15,16,17). The van der Waals surface area contributed by atoms with E-state index in [1.54, 1.807) is 0 Å². The van der Waals surface area contributed by atoms with Crippen LogP contribution in [0.4, 0.5) is 5.82 Å². The Labute approximate surface area is 127 Å². The van der Waals surface area contributed by atoms with Crippen LogP contribution in [0.15, 0.2) is 6.20 Å². The molecule has 0 saturated carbocycles. The van der Waals surface area contributed by atoms with Crippen molar-refractivity contribution in [3.8, 4) is 11.4 Å². The maximum atomic E-state index is 4.63. The average molecular weight is 371 g/mol.